The van der Waals surface area contributed by atoms with Crippen LogP contribution in [0.3, 0.4) is 0 Å². The molecular formula is C31H36Cl2N4O2. The summed E-state index contributed by atoms with van der Waals surface area (Å²) in [6.07, 6.45) is 1.01. The second kappa shape index (κ2) is 12.3. The molecule has 206 valence electrons. The van der Waals surface area contributed by atoms with Crippen LogP contribution < -0.4 is 20.7 Å². The van der Waals surface area contributed by atoms with Gasteiger partial charge in [0, 0.05) is 41.8 Å². The Morgan fingerprint density at radius 2 is 1.46 bits per heavy atom. The highest BCUT2D eigenvalue weighted by molar-refractivity contribution is 6.30. The normalized spacial score (nSPS) is 23.9. The molecule has 0 aliphatic carbocycles. The number of rotatable bonds is 8. The van der Waals surface area contributed by atoms with Crippen molar-refractivity contribution >= 4 is 29.1 Å². The van der Waals surface area contributed by atoms with Gasteiger partial charge in [-0.15, -0.1) is 0 Å². The minimum atomic E-state index is -1.21. The first-order valence-electron chi connectivity index (χ1n) is 13.7. The second-order valence-corrected chi connectivity index (χ2v) is 11.3. The van der Waals surface area contributed by atoms with E-state index in [1.807, 2.05) is 77.7 Å². The fourth-order valence-corrected chi connectivity index (χ4v) is 5.57. The summed E-state index contributed by atoms with van der Waals surface area (Å²) in [5.41, 5.74) is 1.63. The van der Waals surface area contributed by atoms with E-state index < -0.39 is 5.66 Å². The average molecular weight is 568 g/mol. The first-order valence-corrected chi connectivity index (χ1v) is 14.5. The zero-order valence-corrected chi connectivity index (χ0v) is 23.9. The van der Waals surface area contributed by atoms with Gasteiger partial charge in [-0.3, -0.25) is 15.4 Å². The van der Waals surface area contributed by atoms with Crippen LogP contribution in [0.15, 0.2) is 72.8 Å². The van der Waals surface area contributed by atoms with E-state index in [2.05, 4.69) is 29.8 Å². The highest BCUT2D eigenvalue weighted by atomic mass is 35.5. The predicted octanol–water partition coefficient (Wildman–Crippen LogP) is 5.68. The first-order chi connectivity index (χ1) is 18.9. The monoisotopic (exact) mass is 566 g/mol. The van der Waals surface area contributed by atoms with Crippen molar-refractivity contribution in [1.29, 1.82) is 0 Å². The second-order valence-electron chi connectivity index (χ2n) is 10.5. The third-order valence-electron chi connectivity index (χ3n) is 7.77. The Labute approximate surface area is 241 Å². The minimum absolute atomic E-state index is 0.0148. The van der Waals surface area contributed by atoms with Gasteiger partial charge in [-0.1, -0.05) is 85.9 Å². The van der Waals surface area contributed by atoms with Gasteiger partial charge in [-0.25, -0.2) is 0 Å². The number of nitrogens with zero attached hydrogens (tertiary/aromatic N) is 1. The third kappa shape index (κ3) is 5.96. The Hall–Kier alpha value is -2.61. The lowest BCUT2D eigenvalue weighted by atomic mass is 9.95. The molecule has 3 N–H and O–H groups in total. The standard InChI is InChI=1S/C31H36Cl2N4O2/c1-3-21(2)20-39-27-7-5-4-6-26(27)31(30(38)37-18-16-34-17-19-37)35-28(22-8-12-24(32)13-9-22)29(36-31)23-10-14-25(33)15-11-23/h4-15,21,28-29,34-36H,3,16-20H2,1-2H3. The molecule has 6 nitrogen and oxygen atoms in total. The summed E-state index contributed by atoms with van der Waals surface area (Å²) < 4.78 is 6.38. The van der Waals surface area contributed by atoms with Crippen LogP contribution in [-0.2, 0) is 10.5 Å². The Bertz CT molecular complexity index is 1210. The van der Waals surface area contributed by atoms with Crippen molar-refractivity contribution in [3.63, 3.8) is 0 Å². The zero-order valence-electron chi connectivity index (χ0n) is 22.4. The molecule has 1 amide bonds. The number of halogens is 2. The number of benzene rings is 3. The van der Waals surface area contributed by atoms with Crippen molar-refractivity contribution in [3.05, 3.63) is 99.5 Å². The highest BCUT2D eigenvalue weighted by Gasteiger charge is 2.54. The average Bonchev–Trinajstić information content (AvgIpc) is 3.38. The van der Waals surface area contributed by atoms with E-state index in [0.29, 0.717) is 41.4 Å². The van der Waals surface area contributed by atoms with Crippen molar-refractivity contribution < 1.29 is 9.53 Å². The lowest BCUT2D eigenvalue weighted by molar-refractivity contribution is -0.140. The van der Waals surface area contributed by atoms with Crippen molar-refractivity contribution in [3.8, 4) is 5.75 Å². The number of para-hydroxylation sites is 1. The van der Waals surface area contributed by atoms with Crippen LogP contribution in [0.5, 0.6) is 5.75 Å². The highest BCUT2D eigenvalue weighted by Crippen LogP contribution is 2.44. The maximum atomic E-state index is 14.6. The van der Waals surface area contributed by atoms with Crippen LogP contribution in [0.4, 0.5) is 0 Å². The summed E-state index contributed by atoms with van der Waals surface area (Å²) in [6, 6.07) is 23.0. The van der Waals surface area contributed by atoms with E-state index in [0.717, 1.165) is 36.2 Å². The van der Waals surface area contributed by atoms with Gasteiger partial charge >= 0.3 is 0 Å². The Morgan fingerprint density at radius 3 is 2.00 bits per heavy atom. The molecule has 0 spiro atoms. The van der Waals surface area contributed by atoms with Crippen molar-refractivity contribution in [2.24, 2.45) is 5.92 Å². The van der Waals surface area contributed by atoms with E-state index in [9.17, 15) is 4.79 Å². The summed E-state index contributed by atoms with van der Waals surface area (Å²) in [7, 11) is 0. The number of nitrogens with one attached hydrogen (secondary N) is 3. The lowest BCUT2D eigenvalue weighted by Crippen LogP contribution is -2.61. The zero-order chi connectivity index (χ0) is 27.4. The minimum Gasteiger partial charge on any atom is -0.493 e. The summed E-state index contributed by atoms with van der Waals surface area (Å²) in [5, 5.41) is 12.3. The van der Waals surface area contributed by atoms with E-state index in [-0.39, 0.29) is 18.0 Å². The fraction of sp³-hybridized carbons (Fsp3) is 0.387. The van der Waals surface area contributed by atoms with Crippen LogP contribution in [0, 0.1) is 5.92 Å². The molecule has 0 aromatic heterocycles. The molecule has 3 aromatic carbocycles. The van der Waals surface area contributed by atoms with Gasteiger partial charge in [-0.2, -0.15) is 0 Å². The smallest absolute Gasteiger partial charge is 0.262 e. The molecule has 0 radical (unpaired) electrons. The van der Waals surface area contributed by atoms with Gasteiger partial charge in [0.2, 0.25) is 0 Å². The molecule has 0 bridgehead atoms. The van der Waals surface area contributed by atoms with Crippen molar-refractivity contribution in [2.45, 2.75) is 38.0 Å². The molecule has 2 heterocycles. The molecule has 3 atom stereocenters. The van der Waals surface area contributed by atoms with Gasteiger partial charge < -0.3 is 15.0 Å². The molecule has 8 heteroatoms. The van der Waals surface area contributed by atoms with Crippen molar-refractivity contribution in [1.82, 2.24) is 20.9 Å². The topological polar surface area (TPSA) is 65.6 Å². The largest absolute Gasteiger partial charge is 0.493 e. The quantitative estimate of drug-likeness (QED) is 0.327. The summed E-state index contributed by atoms with van der Waals surface area (Å²) in [6.45, 7) is 7.69. The van der Waals surface area contributed by atoms with Crippen LogP contribution in [0.25, 0.3) is 0 Å². The molecule has 5 rings (SSSR count). The number of piperazine rings is 1. The van der Waals surface area contributed by atoms with E-state index in [1.165, 1.54) is 0 Å². The number of ether oxygens (including phenoxy) is 1. The molecule has 2 saturated heterocycles. The Kier molecular flexibility index (Phi) is 8.79. The van der Waals surface area contributed by atoms with Crippen LogP contribution in [0.1, 0.15) is 49.0 Å². The molecular weight excluding hydrogens is 531 g/mol. The number of hydrogen-bond donors (Lipinski definition) is 3. The van der Waals surface area contributed by atoms with Crippen LogP contribution in [0.2, 0.25) is 10.0 Å². The summed E-state index contributed by atoms with van der Waals surface area (Å²) in [4.78, 5) is 16.5. The number of amides is 1. The summed E-state index contributed by atoms with van der Waals surface area (Å²) >= 11 is 12.5. The van der Waals surface area contributed by atoms with Gasteiger partial charge in [0.25, 0.3) is 5.91 Å². The number of hydrogen-bond acceptors (Lipinski definition) is 5. The van der Waals surface area contributed by atoms with Gasteiger partial charge in [0.1, 0.15) is 5.75 Å². The van der Waals surface area contributed by atoms with Gasteiger partial charge in [0.15, 0.2) is 5.66 Å². The molecule has 2 aliphatic heterocycles. The van der Waals surface area contributed by atoms with E-state index in [1.54, 1.807) is 0 Å². The maximum Gasteiger partial charge on any atom is 0.262 e. The van der Waals surface area contributed by atoms with E-state index in [4.69, 9.17) is 27.9 Å². The van der Waals surface area contributed by atoms with Gasteiger partial charge in [-0.05, 0) is 47.4 Å². The summed E-state index contributed by atoms with van der Waals surface area (Å²) in [5.74, 6) is 1.08. The first kappa shape index (κ1) is 27.9. The molecule has 2 aliphatic rings. The van der Waals surface area contributed by atoms with Crippen molar-refractivity contribution in [2.75, 3.05) is 32.8 Å². The molecule has 39 heavy (non-hydrogen) atoms. The molecule has 3 unspecified atom stereocenters. The maximum absolute atomic E-state index is 14.6. The third-order valence-corrected chi connectivity index (χ3v) is 8.28. The molecule has 2 fully saturated rings. The Balaban J connectivity index is 1.63. The SMILES string of the molecule is CCC(C)COc1ccccc1C1(C(=O)N2CCNCC2)NC(c2ccc(Cl)cc2)C(c2ccc(Cl)cc2)N1. The lowest BCUT2D eigenvalue weighted by Gasteiger charge is -2.38. The fourth-order valence-electron chi connectivity index (χ4n) is 5.32. The van der Waals surface area contributed by atoms with Crippen LogP contribution >= 0.6 is 23.2 Å². The van der Waals surface area contributed by atoms with Gasteiger partial charge in [0.05, 0.1) is 18.7 Å². The van der Waals surface area contributed by atoms with E-state index >= 15 is 0 Å². The number of carbonyl (C=O) groups excluding carboxylic acids is 1. The molecule has 0 saturated carbocycles. The molecule has 3 aromatic rings. The van der Waals surface area contributed by atoms with Crippen LogP contribution in [-0.4, -0.2) is 43.6 Å². The predicted molar refractivity (Wildman–Crippen MR) is 157 cm³/mol. The number of carbonyl (C=O) groups is 1. The Morgan fingerprint density at radius 1 is 0.923 bits per heavy atom.